The Morgan fingerprint density at radius 1 is 0.893 bits per heavy atom. The van der Waals surface area contributed by atoms with Crippen LogP contribution in [0, 0.1) is 23.2 Å². The van der Waals surface area contributed by atoms with Gasteiger partial charge in [0.15, 0.2) is 0 Å². The van der Waals surface area contributed by atoms with Crippen molar-refractivity contribution in [3.8, 4) is 11.8 Å². The highest BCUT2D eigenvalue weighted by Crippen LogP contribution is 2.33. The van der Waals surface area contributed by atoms with Crippen molar-refractivity contribution in [2.24, 2.45) is 11.8 Å². The zero-order valence-electron chi connectivity index (χ0n) is 31.4. The van der Waals surface area contributed by atoms with Crippen LogP contribution in [0.1, 0.15) is 72.9 Å². The Labute approximate surface area is 331 Å². The van der Waals surface area contributed by atoms with Gasteiger partial charge in [0.05, 0.1) is 28.6 Å². The minimum absolute atomic E-state index is 0.00565. The number of carbonyl (C=O) groups excluding carboxylic acids is 4. The summed E-state index contributed by atoms with van der Waals surface area (Å²) < 4.78 is 6.08. The van der Waals surface area contributed by atoms with Crippen LogP contribution in [-0.4, -0.2) is 96.4 Å². The molecule has 292 valence electrons. The average Bonchev–Trinajstić information content (AvgIpc) is 3.54. The minimum atomic E-state index is -0.600. The van der Waals surface area contributed by atoms with Crippen molar-refractivity contribution in [3.05, 3.63) is 76.4 Å². The molecule has 0 radical (unpaired) electrons. The Balaban J connectivity index is 0.742. The lowest BCUT2D eigenvalue weighted by Gasteiger charge is -2.40. The predicted molar refractivity (Wildman–Crippen MR) is 211 cm³/mol. The lowest BCUT2D eigenvalue weighted by Crippen LogP contribution is -2.52. The first-order valence-electron chi connectivity index (χ1n) is 19.8. The van der Waals surface area contributed by atoms with Crippen LogP contribution in [0.2, 0.25) is 5.02 Å². The van der Waals surface area contributed by atoms with Gasteiger partial charge < -0.3 is 24.8 Å². The molecule has 1 unspecified atom stereocenters. The molecule has 4 fully saturated rings. The van der Waals surface area contributed by atoms with E-state index < -0.39 is 6.04 Å². The second kappa shape index (κ2) is 16.5. The van der Waals surface area contributed by atoms with E-state index in [0.717, 1.165) is 101 Å². The maximum Gasteiger partial charge on any atom is 0.255 e. The van der Waals surface area contributed by atoms with E-state index >= 15 is 0 Å². The number of anilines is 3. The number of aromatic nitrogens is 1. The van der Waals surface area contributed by atoms with E-state index in [1.807, 2.05) is 24.4 Å². The number of nitrogens with one attached hydrogen (secondary N) is 2. The van der Waals surface area contributed by atoms with Crippen molar-refractivity contribution >= 4 is 52.4 Å². The monoisotopic (exact) mass is 778 g/mol. The smallest absolute Gasteiger partial charge is 0.255 e. The van der Waals surface area contributed by atoms with Crippen LogP contribution in [-0.2, 0) is 20.9 Å². The number of nitriles is 1. The van der Waals surface area contributed by atoms with Crippen LogP contribution in [0.15, 0.2) is 54.7 Å². The molecule has 5 heterocycles. The van der Waals surface area contributed by atoms with E-state index in [0.29, 0.717) is 46.6 Å². The second-order valence-corrected chi connectivity index (χ2v) is 16.1. The molecular formula is C42H47ClN8O5. The number of imide groups is 1. The summed E-state index contributed by atoms with van der Waals surface area (Å²) >= 11 is 6.15. The number of hydrogen-bond acceptors (Lipinski definition) is 10. The number of carbonyl (C=O) groups is 4. The molecule has 3 aromatic rings. The standard InChI is InChI=1S/C42H47ClN8O5/c43-36-22-34(8-3-29(36)23-44)56-33-6-1-28(2-7-33)40(53)46-38-11-5-32(24-45-38)49-15-13-27(14-16-49)25-48-17-19-50(20-18-48)31-4-9-35-30(21-31)26-51(42(35)55)37-10-12-39(52)47-41(37)54/h3-5,8-9,11,21-22,24,27-28,33,37H,1-2,6-7,10,12-20,25-26H2,(H,45,46,53)(H,47,52,54). The molecule has 0 bridgehead atoms. The van der Waals surface area contributed by atoms with Gasteiger partial charge in [0.2, 0.25) is 17.7 Å². The maximum absolute atomic E-state index is 13.1. The number of benzene rings is 2. The van der Waals surface area contributed by atoms with E-state index in [4.69, 9.17) is 21.6 Å². The average molecular weight is 779 g/mol. The molecule has 2 aromatic carbocycles. The topological polar surface area (TPSA) is 151 Å². The maximum atomic E-state index is 13.1. The molecule has 2 N–H and O–H groups in total. The highest BCUT2D eigenvalue weighted by atomic mass is 35.5. The summed E-state index contributed by atoms with van der Waals surface area (Å²) in [7, 11) is 0. The molecular weight excluding hydrogens is 732 g/mol. The Hall–Kier alpha value is -5.19. The summed E-state index contributed by atoms with van der Waals surface area (Å²) in [6.07, 6.45) is 7.72. The molecule has 4 aliphatic heterocycles. The summed E-state index contributed by atoms with van der Waals surface area (Å²) in [5.74, 6) is 0.950. The zero-order valence-corrected chi connectivity index (χ0v) is 32.2. The first-order chi connectivity index (χ1) is 27.2. The van der Waals surface area contributed by atoms with E-state index in [1.165, 1.54) is 0 Å². The number of pyridine rings is 1. The molecule has 1 aliphatic carbocycles. The van der Waals surface area contributed by atoms with Crippen LogP contribution in [0.5, 0.6) is 5.75 Å². The van der Waals surface area contributed by atoms with Gasteiger partial charge in [-0.3, -0.25) is 29.4 Å². The number of amides is 4. The van der Waals surface area contributed by atoms with E-state index in [2.05, 4.69) is 48.5 Å². The van der Waals surface area contributed by atoms with Gasteiger partial charge in [0, 0.05) is 82.0 Å². The van der Waals surface area contributed by atoms with Crippen molar-refractivity contribution in [3.63, 3.8) is 0 Å². The van der Waals surface area contributed by atoms with Gasteiger partial charge in [0.25, 0.3) is 5.91 Å². The van der Waals surface area contributed by atoms with Crippen LogP contribution in [0.3, 0.4) is 0 Å². The SMILES string of the molecule is N#Cc1ccc(OC2CCC(C(=O)Nc3ccc(N4CCC(CN5CCN(c6ccc7c(c6)CN(C6CCC(=O)NC6=O)C7=O)CC5)CC4)cn3)CC2)cc1Cl. The third kappa shape index (κ3) is 8.32. The number of piperidine rings is 2. The Morgan fingerprint density at radius 3 is 2.34 bits per heavy atom. The molecule has 1 saturated carbocycles. The van der Waals surface area contributed by atoms with Crippen LogP contribution in [0.4, 0.5) is 17.2 Å². The van der Waals surface area contributed by atoms with Crippen molar-refractivity contribution in [2.75, 3.05) is 60.9 Å². The Bertz CT molecular complexity index is 2010. The Morgan fingerprint density at radius 2 is 1.64 bits per heavy atom. The van der Waals surface area contributed by atoms with Gasteiger partial charge >= 0.3 is 0 Å². The molecule has 13 nitrogen and oxygen atoms in total. The van der Waals surface area contributed by atoms with Gasteiger partial charge in [0.1, 0.15) is 23.7 Å². The van der Waals surface area contributed by atoms with Gasteiger partial charge in [-0.15, -0.1) is 0 Å². The normalized spacial score (nSPS) is 23.4. The number of rotatable bonds is 9. The molecule has 14 heteroatoms. The molecule has 5 aliphatic rings. The van der Waals surface area contributed by atoms with E-state index in [9.17, 15) is 19.2 Å². The summed E-state index contributed by atoms with van der Waals surface area (Å²) in [6, 6.07) is 16.5. The van der Waals surface area contributed by atoms with Gasteiger partial charge in [-0.2, -0.15) is 5.26 Å². The predicted octanol–water partition coefficient (Wildman–Crippen LogP) is 4.98. The molecule has 56 heavy (non-hydrogen) atoms. The number of ether oxygens (including phenoxy) is 1. The van der Waals surface area contributed by atoms with Crippen molar-refractivity contribution in [2.45, 2.75) is 70.1 Å². The zero-order chi connectivity index (χ0) is 38.8. The third-order valence-corrected chi connectivity index (χ3v) is 12.5. The summed E-state index contributed by atoms with van der Waals surface area (Å²) in [6.45, 7) is 7.23. The van der Waals surface area contributed by atoms with Crippen LogP contribution < -0.4 is 25.2 Å². The summed E-state index contributed by atoms with van der Waals surface area (Å²) in [5, 5.41) is 14.9. The Kier molecular flexibility index (Phi) is 11.1. The molecule has 8 rings (SSSR count). The number of nitrogens with zero attached hydrogens (tertiary/aromatic N) is 6. The van der Waals surface area contributed by atoms with Crippen molar-refractivity contribution in [1.29, 1.82) is 5.26 Å². The molecule has 1 atom stereocenters. The van der Waals surface area contributed by atoms with Crippen LogP contribution in [0.25, 0.3) is 0 Å². The summed E-state index contributed by atoms with van der Waals surface area (Å²) in [4.78, 5) is 63.8. The fraction of sp³-hybridized carbons (Fsp3) is 0.476. The first-order valence-corrected chi connectivity index (χ1v) is 20.2. The molecule has 4 amide bonds. The van der Waals surface area contributed by atoms with E-state index in [-0.39, 0.29) is 42.1 Å². The molecule has 0 spiro atoms. The van der Waals surface area contributed by atoms with Gasteiger partial charge in [-0.25, -0.2) is 4.98 Å². The largest absolute Gasteiger partial charge is 0.490 e. The fourth-order valence-electron chi connectivity index (χ4n) is 8.86. The molecule has 1 aromatic heterocycles. The number of fused-ring (bicyclic) bond motifs is 1. The molecule has 3 saturated heterocycles. The number of hydrogen-bond donors (Lipinski definition) is 2. The number of piperazine rings is 1. The number of halogens is 1. The van der Waals surface area contributed by atoms with Crippen molar-refractivity contribution < 1.29 is 23.9 Å². The quantitative estimate of drug-likeness (QED) is 0.285. The van der Waals surface area contributed by atoms with Gasteiger partial charge in [-0.1, -0.05) is 11.6 Å². The third-order valence-electron chi connectivity index (χ3n) is 12.1. The highest BCUT2D eigenvalue weighted by molar-refractivity contribution is 6.31. The fourth-order valence-corrected chi connectivity index (χ4v) is 9.07. The van der Waals surface area contributed by atoms with Gasteiger partial charge in [-0.05, 0) is 98.9 Å². The summed E-state index contributed by atoms with van der Waals surface area (Å²) in [5.41, 5.74) is 4.19. The van der Waals surface area contributed by atoms with E-state index in [1.54, 1.807) is 23.1 Å². The first kappa shape index (κ1) is 37.7. The highest BCUT2D eigenvalue weighted by Gasteiger charge is 2.39. The lowest BCUT2D eigenvalue weighted by atomic mass is 9.86. The second-order valence-electron chi connectivity index (χ2n) is 15.7. The minimum Gasteiger partial charge on any atom is -0.490 e. The lowest BCUT2D eigenvalue weighted by molar-refractivity contribution is -0.137. The van der Waals surface area contributed by atoms with Crippen LogP contribution >= 0.6 is 11.6 Å². The van der Waals surface area contributed by atoms with Crippen molar-refractivity contribution in [1.82, 2.24) is 20.1 Å².